The van der Waals surface area contributed by atoms with Gasteiger partial charge in [0.05, 0.1) is 25.1 Å². The Hall–Kier alpha value is -1.77. The molecule has 2 aromatic rings. The standard InChI is InChI=1S/C21H30N4O3S/c1-3-23(4-2)13-17-22-20-19(15-7-5-6-8-16(15)29-20)21(27)25(17)14-18(26)24-9-11-28-12-10-24/h3-14H2,1-2H3. The van der Waals surface area contributed by atoms with Crippen LogP contribution in [0, 0.1) is 0 Å². The number of fused-ring (bicyclic) bond motifs is 3. The van der Waals surface area contributed by atoms with Gasteiger partial charge in [0.15, 0.2) is 0 Å². The molecule has 29 heavy (non-hydrogen) atoms. The molecular formula is C21H30N4O3S. The minimum atomic E-state index is -0.0434. The fraction of sp³-hybridized carbons (Fsp3) is 0.667. The summed E-state index contributed by atoms with van der Waals surface area (Å²) in [6.45, 7) is 8.89. The first-order valence-corrected chi connectivity index (χ1v) is 11.6. The monoisotopic (exact) mass is 418 g/mol. The number of carbonyl (C=O) groups is 1. The van der Waals surface area contributed by atoms with Crippen molar-refractivity contribution in [3.05, 3.63) is 26.6 Å². The molecule has 0 spiro atoms. The van der Waals surface area contributed by atoms with E-state index in [1.807, 2.05) is 0 Å². The molecule has 1 aliphatic carbocycles. The highest BCUT2D eigenvalue weighted by Gasteiger charge is 2.25. The lowest BCUT2D eigenvalue weighted by atomic mass is 9.97. The molecule has 7 nitrogen and oxygen atoms in total. The van der Waals surface area contributed by atoms with E-state index in [4.69, 9.17) is 9.72 Å². The molecule has 0 unspecified atom stereocenters. The summed E-state index contributed by atoms with van der Waals surface area (Å²) >= 11 is 1.67. The Labute approximate surface area is 175 Å². The molecule has 4 rings (SSSR count). The Bertz CT molecular complexity index is 942. The number of nitrogens with zero attached hydrogens (tertiary/aromatic N) is 4. The van der Waals surface area contributed by atoms with Crippen molar-refractivity contribution in [2.24, 2.45) is 0 Å². The van der Waals surface area contributed by atoms with Crippen LogP contribution >= 0.6 is 11.3 Å². The molecule has 0 atom stereocenters. The SMILES string of the molecule is CCN(CC)Cc1nc2sc3c(c2c(=O)n1CC(=O)N1CCOCC1)CCCC3. The Morgan fingerprint density at radius 3 is 2.62 bits per heavy atom. The molecule has 1 amide bonds. The van der Waals surface area contributed by atoms with Gasteiger partial charge < -0.3 is 9.64 Å². The van der Waals surface area contributed by atoms with E-state index in [2.05, 4.69) is 18.7 Å². The minimum Gasteiger partial charge on any atom is -0.378 e. The van der Waals surface area contributed by atoms with Crippen LogP contribution in [-0.4, -0.2) is 64.7 Å². The van der Waals surface area contributed by atoms with Gasteiger partial charge in [-0.2, -0.15) is 0 Å². The van der Waals surface area contributed by atoms with Gasteiger partial charge in [-0.3, -0.25) is 19.1 Å². The number of amides is 1. The van der Waals surface area contributed by atoms with Crippen molar-refractivity contribution in [3.63, 3.8) is 0 Å². The van der Waals surface area contributed by atoms with E-state index >= 15 is 0 Å². The van der Waals surface area contributed by atoms with Crippen molar-refractivity contribution in [2.45, 2.75) is 52.6 Å². The molecule has 0 aromatic carbocycles. The zero-order chi connectivity index (χ0) is 20.4. The van der Waals surface area contributed by atoms with Gasteiger partial charge in [0, 0.05) is 18.0 Å². The van der Waals surface area contributed by atoms with E-state index in [0.717, 1.165) is 42.6 Å². The van der Waals surface area contributed by atoms with Crippen molar-refractivity contribution in [1.82, 2.24) is 19.4 Å². The first-order chi connectivity index (χ1) is 14.1. The fourth-order valence-corrected chi connectivity index (χ4v) is 5.53. The Kier molecular flexibility index (Phi) is 6.32. The van der Waals surface area contributed by atoms with E-state index in [-0.39, 0.29) is 18.0 Å². The Morgan fingerprint density at radius 1 is 1.17 bits per heavy atom. The molecule has 0 radical (unpaired) electrons. The second kappa shape index (κ2) is 8.93. The van der Waals surface area contributed by atoms with Gasteiger partial charge >= 0.3 is 0 Å². The molecule has 1 saturated heterocycles. The third-order valence-electron chi connectivity index (χ3n) is 6.07. The number of aryl methyl sites for hydroxylation is 2. The second-order valence-electron chi connectivity index (χ2n) is 7.76. The summed E-state index contributed by atoms with van der Waals surface area (Å²) in [5.41, 5.74) is 1.13. The number of hydrogen-bond acceptors (Lipinski definition) is 6. The van der Waals surface area contributed by atoms with Crippen LogP contribution in [-0.2, 0) is 35.5 Å². The third-order valence-corrected chi connectivity index (χ3v) is 7.26. The molecule has 0 bridgehead atoms. The number of hydrogen-bond donors (Lipinski definition) is 0. The van der Waals surface area contributed by atoms with Crippen molar-refractivity contribution in [1.29, 1.82) is 0 Å². The van der Waals surface area contributed by atoms with Crippen LogP contribution in [0.15, 0.2) is 4.79 Å². The maximum Gasteiger partial charge on any atom is 0.263 e. The molecule has 8 heteroatoms. The number of morpholine rings is 1. The maximum atomic E-state index is 13.6. The lowest BCUT2D eigenvalue weighted by Gasteiger charge is -2.28. The molecular weight excluding hydrogens is 388 g/mol. The molecule has 0 saturated carbocycles. The highest BCUT2D eigenvalue weighted by molar-refractivity contribution is 7.18. The first-order valence-electron chi connectivity index (χ1n) is 10.7. The highest BCUT2D eigenvalue weighted by Crippen LogP contribution is 2.33. The molecule has 1 aliphatic heterocycles. The summed E-state index contributed by atoms with van der Waals surface area (Å²) in [6, 6.07) is 0. The van der Waals surface area contributed by atoms with E-state index in [9.17, 15) is 9.59 Å². The summed E-state index contributed by atoms with van der Waals surface area (Å²) in [5, 5.41) is 0.753. The predicted octanol–water partition coefficient (Wildman–Crippen LogP) is 2.04. The van der Waals surface area contributed by atoms with Crippen molar-refractivity contribution >= 4 is 27.5 Å². The average Bonchev–Trinajstić information content (AvgIpc) is 3.13. The smallest absolute Gasteiger partial charge is 0.263 e. The zero-order valence-electron chi connectivity index (χ0n) is 17.4. The number of aromatic nitrogens is 2. The molecule has 0 N–H and O–H groups in total. The molecule has 2 aromatic heterocycles. The normalized spacial score (nSPS) is 17.1. The van der Waals surface area contributed by atoms with Gasteiger partial charge in [0.2, 0.25) is 5.91 Å². The van der Waals surface area contributed by atoms with Gasteiger partial charge in [0.1, 0.15) is 17.2 Å². The Morgan fingerprint density at radius 2 is 1.90 bits per heavy atom. The van der Waals surface area contributed by atoms with E-state index in [1.165, 1.54) is 16.9 Å². The summed E-state index contributed by atoms with van der Waals surface area (Å²) in [6.07, 6.45) is 4.27. The van der Waals surface area contributed by atoms with Crippen LogP contribution in [0.5, 0.6) is 0 Å². The number of carbonyl (C=O) groups excluding carboxylic acids is 1. The summed E-state index contributed by atoms with van der Waals surface area (Å²) < 4.78 is 7.00. The van der Waals surface area contributed by atoms with Gasteiger partial charge in [-0.15, -0.1) is 11.3 Å². The van der Waals surface area contributed by atoms with Gasteiger partial charge in [-0.25, -0.2) is 4.98 Å². The molecule has 1 fully saturated rings. The first kappa shape index (κ1) is 20.5. The number of rotatable bonds is 6. The minimum absolute atomic E-state index is 0.0264. The Balaban J connectivity index is 1.76. The van der Waals surface area contributed by atoms with E-state index in [1.54, 1.807) is 20.8 Å². The summed E-state index contributed by atoms with van der Waals surface area (Å²) in [5.74, 6) is 0.674. The van der Waals surface area contributed by atoms with E-state index < -0.39 is 0 Å². The van der Waals surface area contributed by atoms with Crippen molar-refractivity contribution in [3.8, 4) is 0 Å². The van der Waals surface area contributed by atoms with Crippen molar-refractivity contribution in [2.75, 3.05) is 39.4 Å². The van der Waals surface area contributed by atoms with Crippen LogP contribution in [0.3, 0.4) is 0 Å². The molecule has 2 aliphatic rings. The average molecular weight is 419 g/mol. The highest BCUT2D eigenvalue weighted by atomic mass is 32.1. The molecule has 158 valence electrons. The maximum absolute atomic E-state index is 13.6. The third kappa shape index (κ3) is 4.11. The lowest BCUT2D eigenvalue weighted by Crippen LogP contribution is -2.44. The largest absolute Gasteiger partial charge is 0.378 e. The molecule has 3 heterocycles. The van der Waals surface area contributed by atoms with E-state index in [0.29, 0.717) is 38.7 Å². The van der Waals surface area contributed by atoms with Crippen molar-refractivity contribution < 1.29 is 9.53 Å². The van der Waals surface area contributed by atoms with Crippen LogP contribution in [0.4, 0.5) is 0 Å². The zero-order valence-corrected chi connectivity index (χ0v) is 18.2. The van der Waals surface area contributed by atoms with Crippen LogP contribution in [0.2, 0.25) is 0 Å². The topological polar surface area (TPSA) is 67.7 Å². The quantitative estimate of drug-likeness (QED) is 0.718. The predicted molar refractivity (Wildman–Crippen MR) is 115 cm³/mol. The fourth-order valence-electron chi connectivity index (χ4n) is 4.26. The lowest BCUT2D eigenvalue weighted by molar-refractivity contribution is -0.136. The summed E-state index contributed by atoms with van der Waals surface area (Å²) in [4.78, 5) is 37.6. The summed E-state index contributed by atoms with van der Waals surface area (Å²) in [7, 11) is 0. The van der Waals surface area contributed by atoms with Crippen LogP contribution < -0.4 is 5.56 Å². The second-order valence-corrected chi connectivity index (χ2v) is 8.85. The number of thiophene rings is 1. The van der Waals surface area contributed by atoms with Gasteiger partial charge in [-0.05, 0) is 44.3 Å². The van der Waals surface area contributed by atoms with Crippen LogP contribution in [0.1, 0.15) is 43.0 Å². The van der Waals surface area contributed by atoms with Crippen LogP contribution in [0.25, 0.3) is 10.2 Å². The number of ether oxygens (including phenoxy) is 1. The van der Waals surface area contributed by atoms with Gasteiger partial charge in [-0.1, -0.05) is 13.8 Å². The van der Waals surface area contributed by atoms with Gasteiger partial charge in [0.25, 0.3) is 5.56 Å².